The molecule has 1 aromatic heterocycles. The second-order valence-electron chi connectivity index (χ2n) is 10.5. The summed E-state index contributed by atoms with van der Waals surface area (Å²) in [7, 11) is 0. The van der Waals surface area contributed by atoms with E-state index >= 15 is 0 Å². The van der Waals surface area contributed by atoms with Gasteiger partial charge in [0.05, 0.1) is 23.3 Å². The molecule has 44 heavy (non-hydrogen) atoms. The van der Waals surface area contributed by atoms with Crippen molar-refractivity contribution in [3.05, 3.63) is 148 Å². The lowest BCUT2D eigenvalue weighted by Crippen LogP contribution is -3.00. The number of phenols is 2. The SMILES string of the molecule is O=C(OCCCc1cc[n+](Cc2ccc(-c3ccccc3)cc2)cc1)c1cc(O)c2c(c1)C(=O)c1cccc(O)c1C2=O.[Br-]. The van der Waals surface area contributed by atoms with E-state index in [9.17, 15) is 24.6 Å². The number of benzene rings is 4. The molecule has 8 heteroatoms. The van der Waals surface area contributed by atoms with Crippen molar-refractivity contribution >= 4 is 17.5 Å². The first-order valence-electron chi connectivity index (χ1n) is 14.0. The van der Waals surface area contributed by atoms with Crippen LogP contribution in [0.25, 0.3) is 11.1 Å². The van der Waals surface area contributed by atoms with Crippen LogP contribution in [0.15, 0.2) is 109 Å². The van der Waals surface area contributed by atoms with E-state index in [2.05, 4.69) is 41.0 Å². The Bertz CT molecular complexity index is 1850. The number of ether oxygens (including phenoxy) is 1. The summed E-state index contributed by atoms with van der Waals surface area (Å²) in [5.74, 6) is -2.79. The maximum atomic E-state index is 13.0. The molecule has 0 atom stereocenters. The van der Waals surface area contributed by atoms with Crippen LogP contribution in [0.3, 0.4) is 0 Å². The Morgan fingerprint density at radius 2 is 1.36 bits per heavy atom. The lowest BCUT2D eigenvalue weighted by molar-refractivity contribution is -0.688. The van der Waals surface area contributed by atoms with Gasteiger partial charge in [0.15, 0.2) is 24.7 Å². The summed E-state index contributed by atoms with van der Waals surface area (Å²) >= 11 is 0. The number of carbonyl (C=O) groups is 3. The predicted molar refractivity (Wildman–Crippen MR) is 159 cm³/mol. The average Bonchev–Trinajstić information content (AvgIpc) is 3.03. The monoisotopic (exact) mass is 649 g/mol. The largest absolute Gasteiger partial charge is 1.00 e. The molecule has 7 nitrogen and oxygen atoms in total. The number of pyridine rings is 1. The smallest absolute Gasteiger partial charge is 0.338 e. The van der Waals surface area contributed by atoms with E-state index in [1.807, 2.05) is 42.7 Å². The summed E-state index contributed by atoms with van der Waals surface area (Å²) < 4.78 is 7.51. The highest BCUT2D eigenvalue weighted by atomic mass is 79.9. The molecule has 5 aromatic rings. The lowest BCUT2D eigenvalue weighted by Gasteiger charge is -2.19. The molecule has 0 fully saturated rings. The third-order valence-corrected chi connectivity index (χ3v) is 7.57. The minimum atomic E-state index is -0.704. The van der Waals surface area contributed by atoms with Crippen LogP contribution in [0.5, 0.6) is 11.5 Å². The Hall–Kier alpha value is -5.08. The molecule has 0 unspecified atom stereocenters. The van der Waals surface area contributed by atoms with Gasteiger partial charge in [-0.1, -0.05) is 66.7 Å². The van der Waals surface area contributed by atoms with Crippen LogP contribution in [0.2, 0.25) is 0 Å². The normalized spacial score (nSPS) is 11.7. The second kappa shape index (κ2) is 13.1. The van der Waals surface area contributed by atoms with E-state index in [-0.39, 0.29) is 57.2 Å². The van der Waals surface area contributed by atoms with Gasteiger partial charge in [0.2, 0.25) is 5.78 Å². The molecule has 0 bridgehead atoms. The zero-order chi connectivity index (χ0) is 29.9. The maximum Gasteiger partial charge on any atom is 0.338 e. The van der Waals surface area contributed by atoms with Crippen LogP contribution >= 0.6 is 0 Å². The minimum Gasteiger partial charge on any atom is -1.00 e. The van der Waals surface area contributed by atoms with Gasteiger partial charge in [-0.05, 0) is 47.7 Å². The summed E-state index contributed by atoms with van der Waals surface area (Å²) in [5.41, 5.74) is 4.18. The molecule has 0 saturated carbocycles. The molecule has 0 radical (unpaired) electrons. The summed E-state index contributed by atoms with van der Waals surface area (Å²) in [5, 5.41) is 20.6. The summed E-state index contributed by atoms with van der Waals surface area (Å²) in [6.45, 7) is 0.893. The quantitative estimate of drug-likeness (QED) is 0.149. The topological polar surface area (TPSA) is 105 Å². The molecule has 1 heterocycles. The second-order valence-corrected chi connectivity index (χ2v) is 10.5. The fraction of sp³-hybridized carbons (Fsp3) is 0.111. The standard InChI is InChI=1S/C36H27NO6.BrH/c38-30-10-4-9-28-32(30)35(41)33-29(34(28)40)20-27(21-31(33)39)36(42)43-19-5-6-23-15-17-37(18-16-23)22-24-11-13-26(14-12-24)25-7-2-1-3-8-25;/h1-4,7-18,20-21H,5-6,19,22H2,(H-,38,39,41);1H. The van der Waals surface area contributed by atoms with Crippen molar-refractivity contribution in [1.82, 2.24) is 0 Å². The van der Waals surface area contributed by atoms with Gasteiger partial charge in [0.25, 0.3) is 0 Å². The Morgan fingerprint density at radius 1 is 0.682 bits per heavy atom. The van der Waals surface area contributed by atoms with Crippen molar-refractivity contribution in [3.63, 3.8) is 0 Å². The zero-order valence-corrected chi connectivity index (χ0v) is 25.2. The van der Waals surface area contributed by atoms with Crippen molar-refractivity contribution in [2.75, 3.05) is 6.61 Å². The van der Waals surface area contributed by atoms with Crippen LogP contribution in [0.1, 0.15) is 59.7 Å². The van der Waals surface area contributed by atoms with Gasteiger partial charge in [-0.15, -0.1) is 0 Å². The molecule has 0 spiro atoms. The molecule has 0 aliphatic heterocycles. The van der Waals surface area contributed by atoms with Gasteiger partial charge in [-0.3, -0.25) is 9.59 Å². The molecular weight excluding hydrogens is 622 g/mol. The van der Waals surface area contributed by atoms with Gasteiger partial charge in [0, 0.05) is 28.8 Å². The van der Waals surface area contributed by atoms with E-state index in [0.29, 0.717) is 12.8 Å². The number of phenolic OH excluding ortho intramolecular Hbond substituents is 2. The van der Waals surface area contributed by atoms with Crippen LogP contribution in [0, 0.1) is 0 Å². The highest BCUT2D eigenvalue weighted by molar-refractivity contribution is 6.30. The van der Waals surface area contributed by atoms with E-state index in [0.717, 1.165) is 18.2 Å². The predicted octanol–water partition coefficient (Wildman–Crippen LogP) is 2.67. The fourth-order valence-corrected chi connectivity index (χ4v) is 5.33. The first-order valence-corrected chi connectivity index (χ1v) is 14.0. The lowest BCUT2D eigenvalue weighted by atomic mass is 9.82. The van der Waals surface area contributed by atoms with Crippen LogP contribution in [-0.2, 0) is 17.7 Å². The number of esters is 1. The minimum absolute atomic E-state index is 0. The molecule has 1 aliphatic carbocycles. The third kappa shape index (κ3) is 6.16. The third-order valence-electron chi connectivity index (χ3n) is 7.57. The van der Waals surface area contributed by atoms with E-state index in [1.165, 1.54) is 41.0 Å². The summed E-state index contributed by atoms with van der Waals surface area (Å²) in [4.78, 5) is 38.6. The van der Waals surface area contributed by atoms with Gasteiger partial charge in [-0.2, -0.15) is 0 Å². The first-order chi connectivity index (χ1) is 20.9. The van der Waals surface area contributed by atoms with Gasteiger partial charge in [0.1, 0.15) is 11.5 Å². The number of halogens is 1. The van der Waals surface area contributed by atoms with Crippen molar-refractivity contribution in [2.45, 2.75) is 19.4 Å². The molecule has 6 rings (SSSR count). The maximum absolute atomic E-state index is 13.0. The van der Waals surface area contributed by atoms with Gasteiger partial charge < -0.3 is 31.9 Å². The average molecular weight is 651 g/mol. The molecule has 0 amide bonds. The van der Waals surface area contributed by atoms with Crippen molar-refractivity contribution in [2.24, 2.45) is 0 Å². The van der Waals surface area contributed by atoms with E-state index in [4.69, 9.17) is 4.74 Å². The van der Waals surface area contributed by atoms with Crippen molar-refractivity contribution in [1.29, 1.82) is 0 Å². The molecule has 1 aliphatic rings. The molecular formula is C36H28BrNO6. The van der Waals surface area contributed by atoms with Crippen LogP contribution < -0.4 is 21.5 Å². The highest BCUT2D eigenvalue weighted by Gasteiger charge is 2.35. The number of hydrogen-bond acceptors (Lipinski definition) is 6. The number of aryl methyl sites for hydroxylation is 1. The van der Waals surface area contributed by atoms with E-state index in [1.54, 1.807) is 0 Å². The number of fused-ring (bicyclic) bond motifs is 2. The van der Waals surface area contributed by atoms with Crippen LogP contribution in [0.4, 0.5) is 0 Å². The van der Waals surface area contributed by atoms with Gasteiger partial charge in [-0.25, -0.2) is 9.36 Å². The Balaban J connectivity index is 0.00000384. The zero-order valence-electron chi connectivity index (χ0n) is 23.6. The number of ketones is 2. The fourth-order valence-electron chi connectivity index (χ4n) is 5.33. The first kappa shape index (κ1) is 30.4. The molecule has 2 N–H and O–H groups in total. The Kier molecular flexibility index (Phi) is 9.01. The van der Waals surface area contributed by atoms with Gasteiger partial charge >= 0.3 is 5.97 Å². The molecule has 4 aromatic carbocycles. The number of aromatic nitrogens is 1. The Labute approximate surface area is 264 Å². The Morgan fingerprint density at radius 3 is 2.09 bits per heavy atom. The van der Waals surface area contributed by atoms with E-state index < -0.39 is 23.3 Å². The number of aromatic hydroxyl groups is 2. The number of carbonyl (C=O) groups excluding carboxylic acids is 3. The van der Waals surface area contributed by atoms with Crippen molar-refractivity contribution < 1.29 is 50.9 Å². The molecule has 220 valence electrons. The van der Waals surface area contributed by atoms with Crippen LogP contribution in [-0.4, -0.2) is 34.4 Å². The molecule has 0 saturated heterocycles. The number of rotatable bonds is 8. The number of nitrogens with zero attached hydrogens (tertiary/aromatic N) is 1. The van der Waals surface area contributed by atoms with Crippen molar-refractivity contribution in [3.8, 4) is 22.6 Å². The highest BCUT2D eigenvalue weighted by Crippen LogP contribution is 2.37. The number of hydrogen-bond donors (Lipinski definition) is 2. The summed E-state index contributed by atoms with van der Waals surface area (Å²) in [6.07, 6.45) is 5.33. The summed E-state index contributed by atoms with van der Waals surface area (Å²) in [6, 6.07) is 29.5.